The van der Waals surface area contributed by atoms with Gasteiger partial charge in [-0.2, -0.15) is 0 Å². The van der Waals surface area contributed by atoms with Crippen LogP contribution in [-0.2, 0) is 6.42 Å². The second-order valence-electron chi connectivity index (χ2n) is 3.42. The lowest BCUT2D eigenvalue weighted by molar-refractivity contribution is 0.173. The molecule has 0 aromatic heterocycles. The van der Waals surface area contributed by atoms with Gasteiger partial charge in [0, 0.05) is 0 Å². The number of benzene rings is 1. The summed E-state index contributed by atoms with van der Waals surface area (Å²) >= 11 is 0. The lowest BCUT2D eigenvalue weighted by atomic mass is 10.0. The normalized spacial score (nSPS) is 12.8. The van der Waals surface area contributed by atoms with Crippen molar-refractivity contribution in [3.8, 4) is 0 Å². The van der Waals surface area contributed by atoms with E-state index in [-0.39, 0.29) is 6.10 Å². The molecule has 1 aromatic carbocycles. The Morgan fingerprint density at radius 1 is 1.15 bits per heavy atom. The molecule has 0 unspecified atom stereocenters. The van der Waals surface area contributed by atoms with Crippen molar-refractivity contribution < 1.29 is 5.11 Å². The smallest absolute Gasteiger partial charge is 0.0787 e. The van der Waals surface area contributed by atoms with Crippen LogP contribution in [0.25, 0.3) is 0 Å². The standard InChI is InChI=1S/C12H18O/c1-3-5-10-6-8-11(9-7-10)12(13)4-2/h6-9,12-13H,3-5H2,1-2H3/t12-/m1/s1. The van der Waals surface area contributed by atoms with Gasteiger partial charge in [0.05, 0.1) is 6.10 Å². The summed E-state index contributed by atoms with van der Waals surface area (Å²) in [5, 5.41) is 9.55. The molecular weight excluding hydrogens is 160 g/mol. The summed E-state index contributed by atoms with van der Waals surface area (Å²) in [5.41, 5.74) is 2.39. The molecule has 0 amide bonds. The molecule has 1 atom stereocenters. The van der Waals surface area contributed by atoms with Gasteiger partial charge in [-0.05, 0) is 24.0 Å². The first-order valence-corrected chi connectivity index (χ1v) is 5.04. The zero-order valence-corrected chi connectivity index (χ0v) is 8.46. The van der Waals surface area contributed by atoms with E-state index >= 15 is 0 Å². The number of aliphatic hydroxyl groups is 1. The van der Waals surface area contributed by atoms with Crippen LogP contribution in [0, 0.1) is 0 Å². The molecule has 72 valence electrons. The fraction of sp³-hybridized carbons (Fsp3) is 0.500. The first kappa shape index (κ1) is 10.3. The number of hydrogen-bond donors (Lipinski definition) is 1. The van der Waals surface area contributed by atoms with E-state index in [4.69, 9.17) is 0 Å². The van der Waals surface area contributed by atoms with E-state index in [1.807, 2.05) is 19.1 Å². The Labute approximate surface area is 80.4 Å². The molecule has 0 saturated carbocycles. The minimum Gasteiger partial charge on any atom is -0.388 e. The zero-order chi connectivity index (χ0) is 9.68. The minimum absolute atomic E-state index is 0.296. The Hall–Kier alpha value is -0.820. The summed E-state index contributed by atoms with van der Waals surface area (Å²) < 4.78 is 0. The molecule has 0 spiro atoms. The molecule has 13 heavy (non-hydrogen) atoms. The highest BCUT2D eigenvalue weighted by Crippen LogP contribution is 2.16. The number of aliphatic hydroxyl groups excluding tert-OH is 1. The van der Waals surface area contributed by atoms with Crippen LogP contribution in [0.2, 0.25) is 0 Å². The molecule has 0 bridgehead atoms. The molecule has 0 saturated heterocycles. The Balaban J connectivity index is 2.69. The van der Waals surface area contributed by atoms with Gasteiger partial charge < -0.3 is 5.11 Å². The molecule has 1 heteroatoms. The summed E-state index contributed by atoms with van der Waals surface area (Å²) in [4.78, 5) is 0. The molecular formula is C12H18O. The summed E-state index contributed by atoms with van der Waals surface area (Å²) in [5.74, 6) is 0. The van der Waals surface area contributed by atoms with Crippen LogP contribution in [0.3, 0.4) is 0 Å². The number of aryl methyl sites for hydroxylation is 1. The average Bonchev–Trinajstić information content (AvgIpc) is 2.18. The number of hydrogen-bond acceptors (Lipinski definition) is 1. The predicted octanol–water partition coefficient (Wildman–Crippen LogP) is 3.08. The van der Waals surface area contributed by atoms with Crippen molar-refractivity contribution in [2.24, 2.45) is 0 Å². The van der Waals surface area contributed by atoms with Crippen LogP contribution in [0.5, 0.6) is 0 Å². The molecule has 0 aliphatic carbocycles. The monoisotopic (exact) mass is 178 g/mol. The van der Waals surface area contributed by atoms with E-state index in [2.05, 4.69) is 19.1 Å². The lowest BCUT2D eigenvalue weighted by Gasteiger charge is -2.08. The second-order valence-corrected chi connectivity index (χ2v) is 3.42. The van der Waals surface area contributed by atoms with Crippen LogP contribution in [0.1, 0.15) is 43.9 Å². The largest absolute Gasteiger partial charge is 0.388 e. The maximum atomic E-state index is 9.55. The predicted molar refractivity (Wildman–Crippen MR) is 55.7 cm³/mol. The topological polar surface area (TPSA) is 20.2 Å². The third-order valence-electron chi connectivity index (χ3n) is 2.29. The van der Waals surface area contributed by atoms with Crippen LogP contribution >= 0.6 is 0 Å². The van der Waals surface area contributed by atoms with Gasteiger partial charge in [0.15, 0.2) is 0 Å². The van der Waals surface area contributed by atoms with Gasteiger partial charge >= 0.3 is 0 Å². The van der Waals surface area contributed by atoms with Gasteiger partial charge in [0.2, 0.25) is 0 Å². The molecule has 0 radical (unpaired) electrons. The maximum absolute atomic E-state index is 9.55. The van der Waals surface area contributed by atoms with E-state index in [0.29, 0.717) is 0 Å². The zero-order valence-electron chi connectivity index (χ0n) is 8.46. The van der Waals surface area contributed by atoms with Crippen LogP contribution in [-0.4, -0.2) is 5.11 Å². The summed E-state index contributed by atoms with van der Waals surface area (Å²) in [6, 6.07) is 8.27. The average molecular weight is 178 g/mol. The van der Waals surface area contributed by atoms with Gasteiger partial charge in [0.25, 0.3) is 0 Å². The van der Waals surface area contributed by atoms with E-state index in [1.165, 1.54) is 12.0 Å². The van der Waals surface area contributed by atoms with Gasteiger partial charge in [-0.15, -0.1) is 0 Å². The highest BCUT2D eigenvalue weighted by Gasteiger charge is 2.03. The van der Waals surface area contributed by atoms with Crippen LogP contribution < -0.4 is 0 Å². The molecule has 0 heterocycles. The minimum atomic E-state index is -0.296. The van der Waals surface area contributed by atoms with Gasteiger partial charge in [-0.3, -0.25) is 0 Å². The summed E-state index contributed by atoms with van der Waals surface area (Å²) in [6.45, 7) is 4.17. The Kier molecular flexibility index (Phi) is 3.97. The molecule has 0 aliphatic heterocycles. The lowest BCUT2D eigenvalue weighted by Crippen LogP contribution is -1.95. The van der Waals surface area contributed by atoms with Crippen molar-refractivity contribution in [3.63, 3.8) is 0 Å². The Morgan fingerprint density at radius 3 is 2.23 bits per heavy atom. The van der Waals surface area contributed by atoms with E-state index in [1.54, 1.807) is 0 Å². The highest BCUT2D eigenvalue weighted by atomic mass is 16.3. The van der Waals surface area contributed by atoms with E-state index in [0.717, 1.165) is 18.4 Å². The second kappa shape index (κ2) is 5.03. The first-order chi connectivity index (χ1) is 6.27. The third kappa shape index (κ3) is 2.85. The summed E-state index contributed by atoms with van der Waals surface area (Å²) in [7, 11) is 0. The molecule has 1 aromatic rings. The fourth-order valence-electron chi connectivity index (χ4n) is 1.43. The van der Waals surface area contributed by atoms with Crippen molar-refractivity contribution in [3.05, 3.63) is 35.4 Å². The van der Waals surface area contributed by atoms with Crippen molar-refractivity contribution >= 4 is 0 Å². The van der Waals surface area contributed by atoms with Crippen molar-refractivity contribution in [2.45, 2.75) is 39.2 Å². The van der Waals surface area contributed by atoms with Gasteiger partial charge in [-0.25, -0.2) is 0 Å². The van der Waals surface area contributed by atoms with Crippen LogP contribution in [0.4, 0.5) is 0 Å². The SMILES string of the molecule is CCCc1ccc([C@H](O)CC)cc1. The van der Waals surface area contributed by atoms with Crippen molar-refractivity contribution in [2.75, 3.05) is 0 Å². The van der Waals surface area contributed by atoms with Crippen molar-refractivity contribution in [1.29, 1.82) is 0 Å². The van der Waals surface area contributed by atoms with Gasteiger partial charge in [-0.1, -0.05) is 44.5 Å². The molecule has 0 aliphatic rings. The Morgan fingerprint density at radius 2 is 1.77 bits per heavy atom. The first-order valence-electron chi connectivity index (χ1n) is 5.04. The fourth-order valence-corrected chi connectivity index (χ4v) is 1.43. The van der Waals surface area contributed by atoms with E-state index in [9.17, 15) is 5.11 Å². The number of rotatable bonds is 4. The Bertz CT molecular complexity index is 238. The molecule has 1 N–H and O–H groups in total. The summed E-state index contributed by atoms with van der Waals surface area (Å²) in [6.07, 6.45) is 2.79. The van der Waals surface area contributed by atoms with Gasteiger partial charge in [0.1, 0.15) is 0 Å². The van der Waals surface area contributed by atoms with Crippen LogP contribution in [0.15, 0.2) is 24.3 Å². The van der Waals surface area contributed by atoms with Crippen molar-refractivity contribution in [1.82, 2.24) is 0 Å². The molecule has 0 fully saturated rings. The maximum Gasteiger partial charge on any atom is 0.0787 e. The molecule has 1 nitrogen and oxygen atoms in total. The molecule has 1 rings (SSSR count). The third-order valence-corrected chi connectivity index (χ3v) is 2.29. The highest BCUT2D eigenvalue weighted by molar-refractivity contribution is 5.24. The quantitative estimate of drug-likeness (QED) is 0.751. The van der Waals surface area contributed by atoms with E-state index < -0.39 is 0 Å².